The van der Waals surface area contributed by atoms with Gasteiger partial charge in [-0.15, -0.1) is 0 Å². The van der Waals surface area contributed by atoms with Crippen molar-refractivity contribution in [2.24, 2.45) is 0 Å². The summed E-state index contributed by atoms with van der Waals surface area (Å²) in [6, 6.07) is 6.89. The molecular weight excluding hydrogens is 393 g/mol. The second-order valence-electron chi connectivity index (χ2n) is 6.51. The Labute approximate surface area is 164 Å². The van der Waals surface area contributed by atoms with Crippen LogP contribution < -0.4 is 4.74 Å². The van der Waals surface area contributed by atoms with E-state index in [-0.39, 0.29) is 5.56 Å². The largest absolute Gasteiger partial charge is 0.458 e. The van der Waals surface area contributed by atoms with Crippen molar-refractivity contribution in [3.8, 4) is 5.75 Å². The lowest BCUT2D eigenvalue weighted by Gasteiger charge is -2.39. The van der Waals surface area contributed by atoms with Crippen LogP contribution in [0.25, 0.3) is 12.2 Å². The van der Waals surface area contributed by atoms with Crippen molar-refractivity contribution in [3.05, 3.63) is 65.0 Å². The standard InChI is InChI=1S/C20H19F3O6/c21-12-5-2-10(3-6-12)1-4-11-7-13(22)8-14(23)19(11)29-20-18(27)17(26)16(25)15(9-24)28-20/h1-8,15-18,20,24-27H,9H2/b4-1+/t15-,16-,17+,18-,20?/m1/s1. The Hall–Kier alpha value is -2.43. The fourth-order valence-corrected chi connectivity index (χ4v) is 2.87. The maximum atomic E-state index is 14.4. The van der Waals surface area contributed by atoms with Crippen LogP contribution in [0.3, 0.4) is 0 Å². The molecule has 156 valence electrons. The fraction of sp³-hybridized carbons (Fsp3) is 0.300. The molecule has 0 aromatic heterocycles. The smallest absolute Gasteiger partial charge is 0.229 e. The highest BCUT2D eigenvalue weighted by Crippen LogP contribution is 2.31. The minimum absolute atomic E-state index is 0.0521. The van der Waals surface area contributed by atoms with Crippen LogP contribution in [-0.2, 0) is 4.74 Å². The van der Waals surface area contributed by atoms with Crippen molar-refractivity contribution in [2.75, 3.05) is 6.61 Å². The molecule has 0 bridgehead atoms. The Morgan fingerprint density at radius 3 is 2.24 bits per heavy atom. The van der Waals surface area contributed by atoms with Crippen LogP contribution >= 0.6 is 0 Å². The summed E-state index contributed by atoms with van der Waals surface area (Å²) in [5, 5.41) is 38.9. The molecule has 29 heavy (non-hydrogen) atoms. The Bertz CT molecular complexity index is 871. The van der Waals surface area contributed by atoms with E-state index in [1.54, 1.807) is 0 Å². The van der Waals surface area contributed by atoms with Gasteiger partial charge in [-0.25, -0.2) is 13.2 Å². The number of rotatable bonds is 5. The highest BCUT2D eigenvalue weighted by atomic mass is 19.1. The molecule has 1 aliphatic heterocycles. The molecule has 2 aromatic carbocycles. The summed E-state index contributed by atoms with van der Waals surface area (Å²) in [4.78, 5) is 0. The summed E-state index contributed by atoms with van der Waals surface area (Å²) in [6.45, 7) is -0.686. The van der Waals surface area contributed by atoms with E-state index >= 15 is 0 Å². The van der Waals surface area contributed by atoms with E-state index in [9.17, 15) is 33.6 Å². The molecule has 0 amide bonds. The van der Waals surface area contributed by atoms with Crippen LogP contribution in [0.1, 0.15) is 11.1 Å². The third kappa shape index (κ3) is 4.77. The van der Waals surface area contributed by atoms with Gasteiger partial charge in [0.25, 0.3) is 0 Å². The van der Waals surface area contributed by atoms with Gasteiger partial charge in [-0.05, 0) is 23.8 Å². The molecule has 0 spiro atoms. The summed E-state index contributed by atoms with van der Waals surface area (Å²) in [7, 11) is 0. The lowest BCUT2D eigenvalue weighted by molar-refractivity contribution is -0.277. The van der Waals surface area contributed by atoms with Crippen molar-refractivity contribution in [1.82, 2.24) is 0 Å². The number of aliphatic hydroxyl groups excluding tert-OH is 4. The Kier molecular flexibility index (Phi) is 6.56. The minimum Gasteiger partial charge on any atom is -0.458 e. The summed E-state index contributed by atoms with van der Waals surface area (Å²) < 4.78 is 51.6. The molecule has 0 aliphatic carbocycles. The van der Waals surface area contributed by atoms with Crippen LogP contribution in [0.4, 0.5) is 13.2 Å². The molecule has 6 nitrogen and oxygen atoms in total. The van der Waals surface area contributed by atoms with Crippen LogP contribution in [0.15, 0.2) is 36.4 Å². The Balaban J connectivity index is 1.89. The van der Waals surface area contributed by atoms with Gasteiger partial charge in [0.1, 0.15) is 36.1 Å². The summed E-state index contributed by atoms with van der Waals surface area (Å²) >= 11 is 0. The molecule has 1 aliphatic rings. The summed E-state index contributed by atoms with van der Waals surface area (Å²) in [5.41, 5.74) is 0.499. The predicted octanol–water partition coefficient (Wildman–Crippen LogP) is 1.45. The van der Waals surface area contributed by atoms with E-state index < -0.39 is 60.5 Å². The minimum atomic E-state index is -1.76. The highest BCUT2D eigenvalue weighted by Gasteiger charge is 2.45. The van der Waals surface area contributed by atoms with Gasteiger partial charge in [-0.3, -0.25) is 0 Å². The van der Waals surface area contributed by atoms with Gasteiger partial charge in [-0.2, -0.15) is 0 Å². The molecule has 1 saturated heterocycles. The SMILES string of the molecule is OC[C@H]1OC(Oc2c(F)cc(F)cc2/C=C/c2ccc(F)cc2)[C@H](O)[C@@H](O)[C@@H]1O. The first-order valence-corrected chi connectivity index (χ1v) is 8.70. The lowest BCUT2D eigenvalue weighted by atomic mass is 9.99. The zero-order chi connectivity index (χ0) is 21.1. The van der Waals surface area contributed by atoms with Crippen LogP contribution in [0.5, 0.6) is 5.75 Å². The van der Waals surface area contributed by atoms with Crippen molar-refractivity contribution >= 4 is 12.2 Å². The van der Waals surface area contributed by atoms with Gasteiger partial charge in [-0.1, -0.05) is 24.3 Å². The average Bonchev–Trinajstić information content (AvgIpc) is 2.69. The van der Waals surface area contributed by atoms with E-state index in [2.05, 4.69) is 0 Å². The quantitative estimate of drug-likeness (QED) is 0.555. The van der Waals surface area contributed by atoms with Crippen molar-refractivity contribution in [2.45, 2.75) is 30.7 Å². The number of hydrogen-bond acceptors (Lipinski definition) is 6. The number of halogens is 3. The van der Waals surface area contributed by atoms with Crippen LogP contribution in [0.2, 0.25) is 0 Å². The van der Waals surface area contributed by atoms with E-state index in [1.165, 1.54) is 36.4 Å². The molecule has 0 radical (unpaired) electrons. The zero-order valence-electron chi connectivity index (χ0n) is 15.0. The normalized spacial score (nSPS) is 27.3. The highest BCUT2D eigenvalue weighted by molar-refractivity contribution is 5.72. The van der Waals surface area contributed by atoms with Crippen LogP contribution in [-0.4, -0.2) is 57.7 Å². The third-order valence-corrected chi connectivity index (χ3v) is 4.44. The van der Waals surface area contributed by atoms with Gasteiger partial charge in [0.2, 0.25) is 6.29 Å². The average molecular weight is 412 g/mol. The zero-order valence-corrected chi connectivity index (χ0v) is 15.0. The lowest BCUT2D eigenvalue weighted by Crippen LogP contribution is -2.60. The van der Waals surface area contributed by atoms with Gasteiger partial charge >= 0.3 is 0 Å². The first-order chi connectivity index (χ1) is 13.8. The summed E-state index contributed by atoms with van der Waals surface area (Å²) in [6.07, 6.45) is -5.18. The monoisotopic (exact) mass is 412 g/mol. The van der Waals surface area contributed by atoms with Crippen molar-refractivity contribution < 1.29 is 43.1 Å². The van der Waals surface area contributed by atoms with Crippen molar-refractivity contribution in [3.63, 3.8) is 0 Å². The molecule has 5 atom stereocenters. The molecule has 1 fully saturated rings. The Morgan fingerprint density at radius 2 is 1.59 bits per heavy atom. The van der Waals surface area contributed by atoms with Gasteiger partial charge in [0.15, 0.2) is 11.6 Å². The predicted molar refractivity (Wildman–Crippen MR) is 96.1 cm³/mol. The first kappa shape index (κ1) is 21.3. The number of hydrogen-bond donors (Lipinski definition) is 4. The second kappa shape index (κ2) is 8.93. The van der Waals surface area contributed by atoms with E-state index in [4.69, 9.17) is 9.47 Å². The van der Waals surface area contributed by atoms with E-state index in [0.29, 0.717) is 11.6 Å². The molecule has 0 saturated carbocycles. The number of benzene rings is 2. The topological polar surface area (TPSA) is 99.4 Å². The molecule has 2 aromatic rings. The van der Waals surface area contributed by atoms with Gasteiger partial charge in [0, 0.05) is 11.6 Å². The maximum Gasteiger partial charge on any atom is 0.229 e. The number of aliphatic hydroxyl groups is 4. The van der Waals surface area contributed by atoms with Gasteiger partial charge < -0.3 is 29.9 Å². The summed E-state index contributed by atoms with van der Waals surface area (Å²) in [5.74, 6) is -2.90. The maximum absolute atomic E-state index is 14.4. The fourth-order valence-electron chi connectivity index (χ4n) is 2.87. The second-order valence-corrected chi connectivity index (χ2v) is 6.51. The van der Waals surface area contributed by atoms with E-state index in [0.717, 1.165) is 6.07 Å². The molecule has 4 N–H and O–H groups in total. The van der Waals surface area contributed by atoms with E-state index in [1.807, 2.05) is 0 Å². The molecule has 1 unspecified atom stereocenters. The van der Waals surface area contributed by atoms with Crippen molar-refractivity contribution in [1.29, 1.82) is 0 Å². The molecule has 3 rings (SSSR count). The molecular formula is C20H19F3O6. The van der Waals surface area contributed by atoms with Gasteiger partial charge in [0.05, 0.1) is 6.61 Å². The third-order valence-electron chi connectivity index (χ3n) is 4.44. The molecule has 9 heteroatoms. The molecule has 1 heterocycles. The van der Waals surface area contributed by atoms with Crippen LogP contribution in [0, 0.1) is 17.5 Å². The Morgan fingerprint density at radius 1 is 0.897 bits per heavy atom. The number of ether oxygens (including phenoxy) is 2. The first-order valence-electron chi connectivity index (χ1n) is 8.70.